The Morgan fingerprint density at radius 2 is 2.05 bits per heavy atom. The van der Waals surface area contributed by atoms with E-state index in [1.807, 2.05) is 19.9 Å². The van der Waals surface area contributed by atoms with E-state index in [1.165, 1.54) is 12.8 Å². The van der Waals surface area contributed by atoms with Crippen molar-refractivity contribution in [3.63, 3.8) is 0 Å². The first-order valence-electron chi connectivity index (χ1n) is 7.62. The number of nitrogens with zero attached hydrogens (tertiary/aromatic N) is 2. The molecule has 2 rings (SSSR count). The van der Waals surface area contributed by atoms with Gasteiger partial charge in [-0.3, -0.25) is 4.21 Å². The van der Waals surface area contributed by atoms with Crippen molar-refractivity contribution < 1.29 is 4.21 Å². The average Bonchev–Trinajstić information content (AvgIpc) is 2.46. The molecule has 0 bridgehead atoms. The second-order valence-electron chi connectivity index (χ2n) is 5.39. The second-order valence-corrected chi connectivity index (χ2v) is 7.33. The predicted molar refractivity (Wildman–Crippen MR) is 84.5 cm³/mol. The molecule has 1 fully saturated rings. The third kappa shape index (κ3) is 3.78. The van der Waals surface area contributed by atoms with Crippen molar-refractivity contribution in [3.05, 3.63) is 17.6 Å². The Balaban J connectivity index is 2.14. The van der Waals surface area contributed by atoms with Crippen LogP contribution in [0.1, 0.15) is 51.0 Å². The van der Waals surface area contributed by atoms with Crippen LogP contribution in [0.25, 0.3) is 0 Å². The van der Waals surface area contributed by atoms with Gasteiger partial charge in [-0.2, -0.15) is 0 Å². The largest absolute Gasteiger partial charge is 0.366 e. The molecule has 0 amide bonds. The van der Waals surface area contributed by atoms with Crippen molar-refractivity contribution in [2.75, 3.05) is 11.1 Å². The smallest absolute Gasteiger partial charge is 0.130 e. The highest BCUT2D eigenvalue weighted by Gasteiger charge is 2.29. The molecule has 1 aromatic rings. The van der Waals surface area contributed by atoms with Gasteiger partial charge in [0.05, 0.1) is 5.25 Å². The third-order valence-electron chi connectivity index (χ3n) is 3.91. The summed E-state index contributed by atoms with van der Waals surface area (Å²) in [5, 5.41) is 3.78. The van der Waals surface area contributed by atoms with Crippen molar-refractivity contribution in [1.29, 1.82) is 0 Å². The molecule has 20 heavy (non-hydrogen) atoms. The average molecular weight is 295 g/mol. The molecule has 0 radical (unpaired) electrons. The van der Waals surface area contributed by atoms with Crippen LogP contribution in [0.15, 0.2) is 6.07 Å². The van der Waals surface area contributed by atoms with Crippen LogP contribution < -0.4 is 5.32 Å². The molecule has 1 heterocycles. The molecule has 112 valence electrons. The summed E-state index contributed by atoms with van der Waals surface area (Å²) in [6, 6.07) is 2.30. The summed E-state index contributed by atoms with van der Waals surface area (Å²) in [7, 11) is -0.736. The van der Waals surface area contributed by atoms with E-state index in [0.29, 0.717) is 0 Å². The normalized spacial score (nSPS) is 24.4. The molecule has 1 N–H and O–H groups in total. The number of hydrogen-bond acceptors (Lipinski definition) is 4. The molecular weight excluding hydrogens is 270 g/mol. The summed E-state index contributed by atoms with van der Waals surface area (Å²) in [5.74, 6) is 2.43. The van der Waals surface area contributed by atoms with Crippen LogP contribution in [-0.4, -0.2) is 31.2 Å². The summed E-state index contributed by atoms with van der Waals surface area (Å²) >= 11 is 0. The van der Waals surface area contributed by atoms with Gasteiger partial charge in [0.25, 0.3) is 0 Å². The fourth-order valence-corrected chi connectivity index (χ4v) is 4.29. The predicted octanol–water partition coefficient (Wildman–Crippen LogP) is 2.84. The van der Waals surface area contributed by atoms with Crippen LogP contribution in [-0.2, 0) is 17.2 Å². The van der Waals surface area contributed by atoms with Gasteiger partial charge in [0, 0.05) is 34.4 Å². The van der Waals surface area contributed by atoms with Gasteiger partial charge in [-0.05, 0) is 26.2 Å². The SMILES string of the molecule is CCc1cc(NC2CCCCC2S(=O)CC)nc(C)n1. The fourth-order valence-electron chi connectivity index (χ4n) is 2.87. The van der Waals surface area contributed by atoms with Crippen LogP contribution in [0.3, 0.4) is 0 Å². The topological polar surface area (TPSA) is 54.9 Å². The Bertz CT molecular complexity index is 478. The maximum atomic E-state index is 12.2. The molecule has 1 aliphatic carbocycles. The molecule has 0 aromatic carbocycles. The molecule has 4 nitrogen and oxygen atoms in total. The molecule has 1 saturated carbocycles. The maximum Gasteiger partial charge on any atom is 0.130 e. The van der Waals surface area contributed by atoms with E-state index >= 15 is 0 Å². The zero-order valence-electron chi connectivity index (χ0n) is 12.7. The molecule has 0 spiro atoms. The van der Waals surface area contributed by atoms with Crippen LogP contribution >= 0.6 is 0 Å². The number of aromatic nitrogens is 2. The molecule has 5 heteroatoms. The van der Waals surface area contributed by atoms with Crippen molar-refractivity contribution in [3.8, 4) is 0 Å². The molecule has 1 aliphatic rings. The van der Waals surface area contributed by atoms with Crippen LogP contribution in [0, 0.1) is 6.92 Å². The molecular formula is C15H25N3OS. The van der Waals surface area contributed by atoms with Gasteiger partial charge in [-0.25, -0.2) is 9.97 Å². The number of hydrogen-bond donors (Lipinski definition) is 1. The lowest BCUT2D eigenvalue weighted by atomic mass is 9.95. The number of rotatable bonds is 5. The summed E-state index contributed by atoms with van der Waals surface area (Å²) in [4.78, 5) is 8.88. The zero-order valence-corrected chi connectivity index (χ0v) is 13.5. The Kier molecular flexibility index (Phi) is 5.52. The van der Waals surface area contributed by atoms with Crippen LogP contribution in [0.5, 0.6) is 0 Å². The third-order valence-corrected chi connectivity index (χ3v) is 5.72. The monoisotopic (exact) mass is 295 g/mol. The van der Waals surface area contributed by atoms with Gasteiger partial charge < -0.3 is 5.32 Å². The summed E-state index contributed by atoms with van der Waals surface area (Å²) in [6.07, 6.45) is 5.45. The quantitative estimate of drug-likeness (QED) is 0.907. The molecule has 0 aliphatic heterocycles. The van der Waals surface area contributed by atoms with E-state index in [9.17, 15) is 4.21 Å². The summed E-state index contributed by atoms with van der Waals surface area (Å²) in [5.41, 5.74) is 1.06. The Morgan fingerprint density at radius 1 is 1.30 bits per heavy atom. The number of aryl methyl sites for hydroxylation is 2. The second kappa shape index (κ2) is 7.16. The van der Waals surface area contributed by atoms with E-state index in [2.05, 4.69) is 22.2 Å². The van der Waals surface area contributed by atoms with Crippen molar-refractivity contribution in [2.24, 2.45) is 0 Å². The highest BCUT2D eigenvalue weighted by molar-refractivity contribution is 7.85. The van der Waals surface area contributed by atoms with Gasteiger partial charge >= 0.3 is 0 Å². The molecule has 1 aromatic heterocycles. The number of nitrogens with one attached hydrogen (secondary N) is 1. The minimum atomic E-state index is -0.736. The first-order valence-corrected chi connectivity index (χ1v) is 9.00. The maximum absolute atomic E-state index is 12.2. The van der Waals surface area contributed by atoms with Gasteiger partial charge in [-0.15, -0.1) is 0 Å². The standard InChI is InChI=1S/C15H25N3OS/c1-4-12-10-15(17-11(3)16-12)18-13-8-6-7-9-14(13)20(19)5-2/h10,13-14H,4-9H2,1-3H3,(H,16,17,18). The summed E-state index contributed by atoms with van der Waals surface area (Å²) in [6.45, 7) is 6.03. The van der Waals surface area contributed by atoms with Crippen molar-refractivity contribution in [2.45, 2.75) is 64.2 Å². The molecule has 0 saturated heterocycles. The Hall–Kier alpha value is -0.970. The molecule has 3 atom stereocenters. The fraction of sp³-hybridized carbons (Fsp3) is 0.733. The van der Waals surface area contributed by atoms with Gasteiger partial charge in [0.15, 0.2) is 0 Å². The van der Waals surface area contributed by atoms with E-state index in [4.69, 9.17) is 0 Å². The van der Waals surface area contributed by atoms with E-state index in [-0.39, 0.29) is 11.3 Å². The van der Waals surface area contributed by atoms with Gasteiger partial charge in [0.1, 0.15) is 11.6 Å². The van der Waals surface area contributed by atoms with E-state index < -0.39 is 10.8 Å². The number of anilines is 1. The minimum Gasteiger partial charge on any atom is -0.366 e. The Labute approximate surface area is 124 Å². The van der Waals surface area contributed by atoms with E-state index in [1.54, 1.807) is 0 Å². The van der Waals surface area contributed by atoms with Crippen molar-refractivity contribution in [1.82, 2.24) is 9.97 Å². The zero-order chi connectivity index (χ0) is 14.5. The first kappa shape index (κ1) is 15.4. The lowest BCUT2D eigenvalue weighted by Gasteiger charge is -2.31. The first-order chi connectivity index (χ1) is 9.63. The van der Waals surface area contributed by atoms with Gasteiger partial charge in [0.2, 0.25) is 0 Å². The highest BCUT2D eigenvalue weighted by Crippen LogP contribution is 2.25. The lowest BCUT2D eigenvalue weighted by molar-refractivity contribution is 0.464. The van der Waals surface area contributed by atoms with E-state index in [0.717, 1.165) is 42.4 Å². The lowest BCUT2D eigenvalue weighted by Crippen LogP contribution is -2.40. The van der Waals surface area contributed by atoms with Crippen LogP contribution in [0.4, 0.5) is 5.82 Å². The highest BCUT2D eigenvalue weighted by atomic mass is 32.2. The minimum absolute atomic E-state index is 0.258. The van der Waals surface area contributed by atoms with Crippen LogP contribution in [0.2, 0.25) is 0 Å². The molecule has 3 unspecified atom stereocenters. The van der Waals surface area contributed by atoms with Gasteiger partial charge in [-0.1, -0.05) is 26.7 Å². The summed E-state index contributed by atoms with van der Waals surface area (Å²) < 4.78 is 12.2. The van der Waals surface area contributed by atoms with Crippen molar-refractivity contribution >= 4 is 16.6 Å². The Morgan fingerprint density at radius 3 is 2.75 bits per heavy atom.